The molecule has 0 saturated heterocycles. The molecule has 0 heterocycles. The molecule has 0 fully saturated rings. The van der Waals surface area contributed by atoms with Crippen molar-refractivity contribution in [3.8, 4) is 0 Å². The van der Waals surface area contributed by atoms with E-state index in [1.165, 1.54) is 17.0 Å². The summed E-state index contributed by atoms with van der Waals surface area (Å²) in [6.07, 6.45) is 0.237. The van der Waals surface area contributed by atoms with Crippen LogP contribution in [-0.2, 0) is 32.6 Å². The molecule has 0 spiro atoms. The number of likely N-dealkylation sites (N-methyl/N-ethyl adjacent to an activating group) is 1. The third kappa shape index (κ3) is 7.61. The van der Waals surface area contributed by atoms with Crippen LogP contribution in [0.15, 0.2) is 114 Å². The molecule has 0 aromatic heterocycles. The third-order valence-electron chi connectivity index (χ3n) is 6.82. The number of carbonyl (C=O) groups excluding carboxylic acids is 2. The van der Waals surface area contributed by atoms with Crippen LogP contribution in [0.1, 0.15) is 23.6 Å². The van der Waals surface area contributed by atoms with Crippen molar-refractivity contribution in [1.29, 1.82) is 0 Å². The van der Waals surface area contributed by atoms with Gasteiger partial charge >= 0.3 is 0 Å². The molecule has 0 radical (unpaired) electrons. The normalized spacial score (nSPS) is 11.9. The molecular weight excluding hydrogens is 553 g/mol. The second-order valence-electron chi connectivity index (χ2n) is 9.91. The van der Waals surface area contributed by atoms with Gasteiger partial charge in [0.25, 0.3) is 10.0 Å². The molecule has 2 amide bonds. The fourth-order valence-corrected chi connectivity index (χ4v) is 6.01. The Morgan fingerprint density at radius 3 is 1.95 bits per heavy atom. The van der Waals surface area contributed by atoms with E-state index in [9.17, 15) is 22.4 Å². The van der Waals surface area contributed by atoms with Crippen molar-refractivity contribution in [3.63, 3.8) is 0 Å². The first-order valence-electron chi connectivity index (χ1n) is 13.7. The van der Waals surface area contributed by atoms with Gasteiger partial charge in [-0.3, -0.25) is 13.9 Å². The summed E-state index contributed by atoms with van der Waals surface area (Å²) >= 11 is 0. The van der Waals surface area contributed by atoms with Gasteiger partial charge in [-0.2, -0.15) is 0 Å². The van der Waals surface area contributed by atoms with E-state index in [0.29, 0.717) is 6.54 Å². The molecule has 0 unspecified atom stereocenters. The highest BCUT2D eigenvalue weighted by atomic mass is 32.2. The fourth-order valence-electron chi connectivity index (χ4n) is 4.60. The summed E-state index contributed by atoms with van der Waals surface area (Å²) in [7, 11) is -4.28. The van der Waals surface area contributed by atoms with Crippen LogP contribution in [-0.4, -0.2) is 44.3 Å². The van der Waals surface area contributed by atoms with E-state index in [1.807, 2.05) is 67.6 Å². The Hall–Kier alpha value is -4.50. The second-order valence-corrected chi connectivity index (χ2v) is 11.8. The van der Waals surface area contributed by atoms with E-state index >= 15 is 0 Å². The minimum Gasteiger partial charge on any atom is -0.355 e. The summed E-state index contributed by atoms with van der Waals surface area (Å²) < 4.78 is 42.5. The van der Waals surface area contributed by atoms with Gasteiger partial charge in [-0.15, -0.1) is 0 Å². The highest BCUT2D eigenvalue weighted by molar-refractivity contribution is 7.92. The topological polar surface area (TPSA) is 86.8 Å². The number of sulfonamides is 1. The Labute approximate surface area is 246 Å². The van der Waals surface area contributed by atoms with Gasteiger partial charge in [0.15, 0.2) is 0 Å². The molecule has 0 bridgehead atoms. The van der Waals surface area contributed by atoms with E-state index in [2.05, 4.69) is 5.32 Å². The molecule has 0 saturated carbocycles. The summed E-state index contributed by atoms with van der Waals surface area (Å²) in [6.45, 7) is 3.56. The van der Waals surface area contributed by atoms with Crippen LogP contribution in [0.3, 0.4) is 0 Å². The summed E-state index contributed by atoms with van der Waals surface area (Å²) in [4.78, 5) is 29.0. The van der Waals surface area contributed by atoms with Crippen LogP contribution in [0.4, 0.5) is 10.1 Å². The summed E-state index contributed by atoms with van der Waals surface area (Å²) in [5.74, 6) is -1.47. The van der Waals surface area contributed by atoms with Crippen molar-refractivity contribution in [2.24, 2.45) is 0 Å². The average molecular weight is 588 g/mol. The van der Waals surface area contributed by atoms with Crippen LogP contribution in [0.2, 0.25) is 0 Å². The molecular formula is C33H34FN3O4S. The number of carbonyl (C=O) groups is 2. The van der Waals surface area contributed by atoms with Crippen LogP contribution in [0.5, 0.6) is 0 Å². The van der Waals surface area contributed by atoms with Gasteiger partial charge in [0.1, 0.15) is 18.4 Å². The number of amides is 2. The maximum absolute atomic E-state index is 14.3. The first kappa shape index (κ1) is 30.5. The Balaban J connectivity index is 1.77. The molecule has 4 rings (SSSR count). The number of anilines is 1. The Bertz CT molecular complexity index is 1580. The highest BCUT2D eigenvalue weighted by Crippen LogP contribution is 2.25. The Morgan fingerprint density at radius 2 is 1.38 bits per heavy atom. The van der Waals surface area contributed by atoms with E-state index in [0.717, 1.165) is 33.1 Å². The largest absolute Gasteiger partial charge is 0.355 e. The predicted molar refractivity (Wildman–Crippen MR) is 162 cm³/mol. The Kier molecular flexibility index (Phi) is 10.1. The first-order valence-corrected chi connectivity index (χ1v) is 15.1. The van der Waals surface area contributed by atoms with Crippen LogP contribution >= 0.6 is 0 Å². The molecule has 218 valence electrons. The zero-order chi connectivity index (χ0) is 30.1. The van der Waals surface area contributed by atoms with Crippen molar-refractivity contribution in [2.75, 3.05) is 17.4 Å². The number of rotatable bonds is 12. The van der Waals surface area contributed by atoms with Crippen molar-refractivity contribution in [1.82, 2.24) is 10.2 Å². The van der Waals surface area contributed by atoms with Crippen molar-refractivity contribution >= 4 is 27.5 Å². The monoisotopic (exact) mass is 587 g/mol. The zero-order valence-electron chi connectivity index (χ0n) is 23.6. The van der Waals surface area contributed by atoms with Crippen LogP contribution in [0.25, 0.3) is 0 Å². The number of hydrogen-bond acceptors (Lipinski definition) is 4. The number of nitrogens with zero attached hydrogens (tertiary/aromatic N) is 2. The average Bonchev–Trinajstić information content (AvgIpc) is 2.99. The van der Waals surface area contributed by atoms with Crippen molar-refractivity contribution in [3.05, 3.63) is 132 Å². The number of hydrogen-bond donors (Lipinski definition) is 1. The van der Waals surface area contributed by atoms with E-state index < -0.39 is 34.3 Å². The fraction of sp³-hybridized carbons (Fsp3) is 0.212. The lowest BCUT2D eigenvalue weighted by Crippen LogP contribution is -2.53. The molecule has 4 aromatic carbocycles. The number of aryl methyl sites for hydroxylation is 1. The van der Waals surface area contributed by atoms with Crippen LogP contribution < -0.4 is 9.62 Å². The number of nitrogens with one attached hydrogen (secondary N) is 1. The van der Waals surface area contributed by atoms with Gasteiger partial charge in [0, 0.05) is 19.5 Å². The van der Waals surface area contributed by atoms with Gasteiger partial charge in [0.2, 0.25) is 11.8 Å². The van der Waals surface area contributed by atoms with E-state index in [1.54, 1.807) is 31.2 Å². The van der Waals surface area contributed by atoms with E-state index in [4.69, 9.17) is 0 Å². The quantitative estimate of drug-likeness (QED) is 0.250. The molecule has 7 nitrogen and oxygen atoms in total. The molecule has 1 N–H and O–H groups in total. The lowest BCUT2D eigenvalue weighted by molar-refractivity contribution is -0.140. The molecule has 0 aliphatic heterocycles. The lowest BCUT2D eigenvalue weighted by Gasteiger charge is -2.33. The smallest absolute Gasteiger partial charge is 0.264 e. The van der Waals surface area contributed by atoms with Crippen molar-refractivity contribution in [2.45, 2.75) is 37.8 Å². The standard InChI is InChI=1S/C33H34FN3O4S/c1-3-35-33(39)31(22-26-10-6-4-7-11-26)36(23-27-12-8-5-9-13-27)32(38)24-37(29-18-14-25(2)15-19-29)42(40,41)30-20-16-28(34)17-21-30/h4-21,31H,3,22-24H2,1-2H3,(H,35,39)/t31-/m1/s1. The minimum absolute atomic E-state index is 0.0899. The molecule has 1 atom stereocenters. The maximum atomic E-state index is 14.3. The molecule has 42 heavy (non-hydrogen) atoms. The van der Waals surface area contributed by atoms with Crippen LogP contribution in [0, 0.1) is 12.7 Å². The van der Waals surface area contributed by atoms with Gasteiger partial charge in [0.05, 0.1) is 10.6 Å². The van der Waals surface area contributed by atoms with Gasteiger partial charge < -0.3 is 10.2 Å². The number of halogens is 1. The van der Waals surface area contributed by atoms with E-state index in [-0.39, 0.29) is 29.5 Å². The lowest BCUT2D eigenvalue weighted by atomic mass is 10.0. The predicted octanol–water partition coefficient (Wildman–Crippen LogP) is 5.11. The molecule has 0 aliphatic rings. The Morgan fingerprint density at radius 1 is 0.810 bits per heavy atom. The SMILES string of the molecule is CCNC(=O)[C@@H](Cc1ccccc1)N(Cc1ccccc1)C(=O)CN(c1ccc(C)cc1)S(=O)(=O)c1ccc(F)cc1. The van der Waals surface area contributed by atoms with Gasteiger partial charge in [-0.1, -0.05) is 78.4 Å². The summed E-state index contributed by atoms with van der Waals surface area (Å²) in [5, 5.41) is 2.84. The second kappa shape index (κ2) is 13.9. The van der Waals surface area contributed by atoms with Crippen molar-refractivity contribution < 1.29 is 22.4 Å². The zero-order valence-corrected chi connectivity index (χ0v) is 24.4. The molecule has 0 aliphatic carbocycles. The highest BCUT2D eigenvalue weighted by Gasteiger charge is 2.34. The summed E-state index contributed by atoms with van der Waals surface area (Å²) in [6, 6.07) is 28.9. The summed E-state index contributed by atoms with van der Waals surface area (Å²) in [5.41, 5.74) is 2.83. The van der Waals surface area contributed by atoms with Gasteiger partial charge in [-0.05, 0) is 61.4 Å². The molecule has 9 heteroatoms. The maximum Gasteiger partial charge on any atom is 0.264 e. The minimum atomic E-state index is -4.28. The first-order chi connectivity index (χ1) is 20.2. The number of benzene rings is 4. The van der Waals surface area contributed by atoms with Gasteiger partial charge in [-0.25, -0.2) is 12.8 Å². The third-order valence-corrected chi connectivity index (χ3v) is 8.61. The molecule has 4 aromatic rings.